The number of nitrogens with zero attached hydrogens (tertiary/aromatic N) is 3. The van der Waals surface area contributed by atoms with E-state index in [1.807, 2.05) is 18.5 Å². The molecule has 1 saturated carbocycles. The highest BCUT2D eigenvalue weighted by molar-refractivity contribution is 4.93. The van der Waals surface area contributed by atoms with Gasteiger partial charge in [0.25, 0.3) is 0 Å². The topological polar surface area (TPSA) is 56.7 Å². The van der Waals surface area contributed by atoms with Crippen molar-refractivity contribution in [1.82, 2.24) is 14.8 Å². The van der Waals surface area contributed by atoms with Crippen LogP contribution < -0.4 is 5.73 Å². The van der Waals surface area contributed by atoms with Crippen molar-refractivity contribution < 1.29 is 0 Å². The van der Waals surface area contributed by atoms with Crippen molar-refractivity contribution in [2.45, 2.75) is 58.0 Å². The lowest BCUT2D eigenvalue weighted by Gasteiger charge is -2.22. The number of nitrogens with two attached hydrogens (primary N) is 1. The molecular formula is C11H20N4. The number of hydrogen-bond acceptors (Lipinski definition) is 3. The highest BCUT2D eigenvalue weighted by atomic mass is 15.4. The van der Waals surface area contributed by atoms with Gasteiger partial charge < -0.3 is 5.73 Å². The van der Waals surface area contributed by atoms with Crippen molar-refractivity contribution in [3.8, 4) is 0 Å². The molecule has 1 aliphatic carbocycles. The second-order valence-corrected chi connectivity index (χ2v) is 4.52. The highest BCUT2D eigenvalue weighted by Crippen LogP contribution is 2.26. The van der Waals surface area contributed by atoms with Crippen LogP contribution in [-0.4, -0.2) is 20.8 Å². The zero-order valence-corrected chi connectivity index (χ0v) is 9.61. The second kappa shape index (κ2) is 4.31. The maximum absolute atomic E-state index is 6.20. The van der Waals surface area contributed by atoms with Crippen molar-refractivity contribution in [3.63, 3.8) is 0 Å². The minimum Gasteiger partial charge on any atom is -0.326 e. The summed E-state index contributed by atoms with van der Waals surface area (Å²) in [6.07, 6.45) is 6.08. The Balaban J connectivity index is 2.23. The van der Waals surface area contributed by atoms with Crippen molar-refractivity contribution in [1.29, 1.82) is 0 Å². The summed E-state index contributed by atoms with van der Waals surface area (Å²) < 4.78 is 2.03. The zero-order valence-electron chi connectivity index (χ0n) is 9.61. The summed E-state index contributed by atoms with van der Waals surface area (Å²) in [5.74, 6) is 1.85. The van der Waals surface area contributed by atoms with Gasteiger partial charge in [0.05, 0.1) is 6.04 Å². The zero-order chi connectivity index (χ0) is 10.8. The van der Waals surface area contributed by atoms with E-state index in [0.29, 0.717) is 6.04 Å². The van der Waals surface area contributed by atoms with Crippen LogP contribution in [0, 0.1) is 13.8 Å². The summed E-state index contributed by atoms with van der Waals surface area (Å²) in [5, 5.41) is 4.45. The Morgan fingerprint density at radius 2 is 1.93 bits per heavy atom. The minimum atomic E-state index is 0.243. The van der Waals surface area contributed by atoms with Gasteiger partial charge in [-0.05, 0) is 26.7 Å². The van der Waals surface area contributed by atoms with Crippen LogP contribution in [0.25, 0.3) is 0 Å². The largest absolute Gasteiger partial charge is 0.326 e. The fraction of sp³-hybridized carbons (Fsp3) is 0.818. The molecule has 1 aromatic heterocycles. The molecule has 1 heterocycles. The van der Waals surface area contributed by atoms with Crippen LogP contribution in [-0.2, 0) is 0 Å². The molecule has 4 nitrogen and oxygen atoms in total. The molecule has 0 saturated heterocycles. The molecule has 2 N–H and O–H groups in total. The van der Waals surface area contributed by atoms with Crippen LogP contribution in [0.2, 0.25) is 0 Å². The summed E-state index contributed by atoms with van der Waals surface area (Å²) in [5.41, 5.74) is 6.20. The molecule has 0 aliphatic heterocycles. The number of aromatic nitrogens is 3. The summed E-state index contributed by atoms with van der Waals surface area (Å²) in [7, 11) is 0. The molecule has 15 heavy (non-hydrogen) atoms. The van der Waals surface area contributed by atoms with E-state index in [1.54, 1.807) is 0 Å². The lowest BCUT2D eigenvalue weighted by Crippen LogP contribution is -2.32. The van der Waals surface area contributed by atoms with Gasteiger partial charge in [-0.25, -0.2) is 9.67 Å². The number of hydrogen-bond donors (Lipinski definition) is 1. The first kappa shape index (κ1) is 10.6. The van der Waals surface area contributed by atoms with E-state index in [0.717, 1.165) is 24.5 Å². The van der Waals surface area contributed by atoms with Crippen LogP contribution in [0.1, 0.15) is 49.8 Å². The van der Waals surface area contributed by atoms with Gasteiger partial charge in [-0.3, -0.25) is 0 Å². The Labute approximate surface area is 90.9 Å². The van der Waals surface area contributed by atoms with Crippen LogP contribution in [0.5, 0.6) is 0 Å². The monoisotopic (exact) mass is 208 g/mol. The molecule has 2 unspecified atom stereocenters. The lowest BCUT2D eigenvalue weighted by atomic mass is 10.0. The standard InChI is InChI=1S/C11H20N4/c1-8-13-9(2)15(14-8)11-7-5-3-4-6-10(11)12/h10-11H,3-7,12H2,1-2H3. The Morgan fingerprint density at radius 3 is 2.60 bits per heavy atom. The maximum Gasteiger partial charge on any atom is 0.147 e. The van der Waals surface area contributed by atoms with Crippen LogP contribution in [0.4, 0.5) is 0 Å². The highest BCUT2D eigenvalue weighted by Gasteiger charge is 2.24. The van der Waals surface area contributed by atoms with Crippen molar-refractivity contribution in [3.05, 3.63) is 11.6 Å². The molecule has 0 bridgehead atoms. The molecule has 0 amide bonds. The van der Waals surface area contributed by atoms with E-state index in [2.05, 4.69) is 10.1 Å². The molecule has 1 aromatic rings. The fourth-order valence-corrected chi connectivity index (χ4v) is 2.47. The van der Waals surface area contributed by atoms with Crippen LogP contribution in [0.3, 0.4) is 0 Å². The third kappa shape index (κ3) is 2.20. The van der Waals surface area contributed by atoms with Gasteiger partial charge in [0, 0.05) is 6.04 Å². The van der Waals surface area contributed by atoms with Gasteiger partial charge in [-0.2, -0.15) is 5.10 Å². The van der Waals surface area contributed by atoms with Gasteiger partial charge in [0.1, 0.15) is 11.6 Å². The molecule has 1 aliphatic rings. The van der Waals surface area contributed by atoms with E-state index < -0.39 is 0 Å². The lowest BCUT2D eigenvalue weighted by molar-refractivity contribution is 0.350. The van der Waals surface area contributed by atoms with Crippen LogP contribution >= 0.6 is 0 Å². The van der Waals surface area contributed by atoms with Gasteiger partial charge in [0.15, 0.2) is 0 Å². The van der Waals surface area contributed by atoms with Crippen LogP contribution in [0.15, 0.2) is 0 Å². The fourth-order valence-electron chi connectivity index (χ4n) is 2.47. The Kier molecular flexibility index (Phi) is 3.05. The van der Waals surface area contributed by atoms with Crippen molar-refractivity contribution in [2.24, 2.45) is 5.73 Å². The molecule has 0 spiro atoms. The molecule has 1 fully saturated rings. The minimum absolute atomic E-state index is 0.243. The summed E-state index contributed by atoms with van der Waals surface area (Å²) in [6.45, 7) is 3.95. The van der Waals surface area contributed by atoms with Gasteiger partial charge in [-0.15, -0.1) is 0 Å². The molecule has 0 radical (unpaired) electrons. The second-order valence-electron chi connectivity index (χ2n) is 4.52. The normalized spacial score (nSPS) is 27.7. The van der Waals surface area contributed by atoms with Gasteiger partial charge in [-0.1, -0.05) is 19.3 Å². The molecule has 84 valence electrons. The van der Waals surface area contributed by atoms with E-state index in [1.165, 1.54) is 19.3 Å². The quantitative estimate of drug-likeness (QED) is 0.715. The summed E-state index contributed by atoms with van der Waals surface area (Å²) >= 11 is 0. The van der Waals surface area contributed by atoms with Crippen molar-refractivity contribution >= 4 is 0 Å². The first-order valence-corrected chi connectivity index (χ1v) is 5.84. The number of rotatable bonds is 1. The number of aryl methyl sites for hydroxylation is 2. The van der Waals surface area contributed by atoms with E-state index in [4.69, 9.17) is 5.73 Å². The maximum atomic E-state index is 6.20. The first-order valence-electron chi connectivity index (χ1n) is 5.84. The average molecular weight is 208 g/mol. The average Bonchev–Trinajstić information content (AvgIpc) is 2.39. The predicted octanol–water partition coefficient (Wildman–Crippen LogP) is 1.73. The first-order chi connectivity index (χ1) is 7.18. The molecular weight excluding hydrogens is 188 g/mol. The molecule has 4 heteroatoms. The van der Waals surface area contributed by atoms with E-state index in [-0.39, 0.29) is 6.04 Å². The third-order valence-corrected chi connectivity index (χ3v) is 3.25. The van der Waals surface area contributed by atoms with Gasteiger partial charge in [0.2, 0.25) is 0 Å². The Morgan fingerprint density at radius 1 is 1.20 bits per heavy atom. The molecule has 2 atom stereocenters. The van der Waals surface area contributed by atoms with E-state index in [9.17, 15) is 0 Å². The van der Waals surface area contributed by atoms with E-state index >= 15 is 0 Å². The predicted molar refractivity (Wildman–Crippen MR) is 59.6 cm³/mol. The van der Waals surface area contributed by atoms with Crippen molar-refractivity contribution in [2.75, 3.05) is 0 Å². The summed E-state index contributed by atoms with van der Waals surface area (Å²) in [6, 6.07) is 0.598. The smallest absolute Gasteiger partial charge is 0.147 e. The third-order valence-electron chi connectivity index (χ3n) is 3.25. The summed E-state index contributed by atoms with van der Waals surface area (Å²) in [4.78, 5) is 4.35. The Bertz CT molecular complexity index is 331. The molecule has 2 rings (SSSR count). The molecule has 0 aromatic carbocycles. The SMILES string of the molecule is Cc1nc(C)n(C2CCCCCC2N)n1. The van der Waals surface area contributed by atoms with Gasteiger partial charge >= 0.3 is 0 Å². The Hall–Kier alpha value is -0.900.